The van der Waals surface area contributed by atoms with Gasteiger partial charge in [0.25, 0.3) is 0 Å². The molecule has 2 heterocycles. The first kappa shape index (κ1) is 18.2. The third-order valence-corrected chi connectivity index (χ3v) is 5.14. The van der Waals surface area contributed by atoms with Gasteiger partial charge in [0.05, 0.1) is 6.61 Å². The Morgan fingerprint density at radius 2 is 2.19 bits per heavy atom. The van der Waals surface area contributed by atoms with Gasteiger partial charge in [0.1, 0.15) is 0 Å². The molecule has 1 aromatic heterocycles. The Kier molecular flexibility index (Phi) is 5.76. The number of nitrogens with zero attached hydrogens (tertiary/aromatic N) is 1. The van der Waals surface area contributed by atoms with Gasteiger partial charge in [-0.1, -0.05) is 29.8 Å². The number of para-hydroxylation sites is 1. The van der Waals surface area contributed by atoms with E-state index in [2.05, 4.69) is 23.2 Å². The first-order valence-corrected chi connectivity index (χ1v) is 9.19. The number of hydrogen-bond donors (Lipinski definition) is 1. The van der Waals surface area contributed by atoms with E-state index in [9.17, 15) is 9.59 Å². The summed E-state index contributed by atoms with van der Waals surface area (Å²) in [5.74, 6) is 0.0916. The predicted octanol–water partition coefficient (Wildman–Crippen LogP) is 3.46. The maximum absolute atomic E-state index is 12.6. The molecule has 1 amide bonds. The van der Waals surface area contributed by atoms with Crippen LogP contribution in [0.3, 0.4) is 0 Å². The molecule has 0 aliphatic carbocycles. The molecule has 0 bridgehead atoms. The van der Waals surface area contributed by atoms with Gasteiger partial charge in [-0.2, -0.15) is 0 Å². The SMILES string of the molecule is C/C=C1/CN(CCc2c[nH]c3ccccc23)C(=O)CC1CCOC(C)=O. The number of benzene rings is 1. The molecule has 5 heteroatoms. The zero-order chi connectivity index (χ0) is 18.5. The monoisotopic (exact) mass is 354 g/mol. The van der Waals surface area contributed by atoms with Crippen LogP contribution in [0, 0.1) is 5.92 Å². The largest absolute Gasteiger partial charge is 0.466 e. The smallest absolute Gasteiger partial charge is 0.302 e. The number of ether oxygens (including phenoxy) is 1. The van der Waals surface area contributed by atoms with Crippen LogP contribution in [0.5, 0.6) is 0 Å². The number of likely N-dealkylation sites (tertiary alicyclic amines) is 1. The van der Waals surface area contributed by atoms with Gasteiger partial charge in [-0.3, -0.25) is 9.59 Å². The van der Waals surface area contributed by atoms with Crippen molar-refractivity contribution in [2.75, 3.05) is 19.7 Å². The van der Waals surface area contributed by atoms with E-state index in [1.54, 1.807) is 0 Å². The molecule has 3 rings (SSSR count). The number of allylic oxidation sites excluding steroid dienone is 1. The molecular formula is C21H26N2O3. The van der Waals surface area contributed by atoms with Crippen molar-refractivity contribution in [2.45, 2.75) is 33.1 Å². The first-order chi connectivity index (χ1) is 12.6. The van der Waals surface area contributed by atoms with Crippen LogP contribution in [-0.4, -0.2) is 41.5 Å². The summed E-state index contributed by atoms with van der Waals surface area (Å²) in [5.41, 5.74) is 3.63. The molecule has 1 N–H and O–H groups in total. The zero-order valence-corrected chi connectivity index (χ0v) is 15.5. The lowest BCUT2D eigenvalue weighted by atomic mass is 9.87. The number of piperidine rings is 1. The van der Waals surface area contributed by atoms with E-state index in [4.69, 9.17) is 4.74 Å². The van der Waals surface area contributed by atoms with Gasteiger partial charge >= 0.3 is 5.97 Å². The summed E-state index contributed by atoms with van der Waals surface area (Å²) < 4.78 is 5.04. The summed E-state index contributed by atoms with van der Waals surface area (Å²) in [5, 5.41) is 1.22. The second-order valence-electron chi connectivity index (χ2n) is 6.82. The number of carbonyl (C=O) groups excluding carboxylic acids is 2. The molecule has 1 atom stereocenters. The Bertz CT molecular complexity index is 822. The van der Waals surface area contributed by atoms with E-state index in [0.29, 0.717) is 32.5 Å². The third-order valence-electron chi connectivity index (χ3n) is 5.14. The number of H-pyrrole nitrogens is 1. The Hall–Kier alpha value is -2.56. The highest BCUT2D eigenvalue weighted by Gasteiger charge is 2.29. The minimum Gasteiger partial charge on any atom is -0.466 e. The van der Waals surface area contributed by atoms with Gasteiger partial charge in [-0.05, 0) is 37.3 Å². The second-order valence-corrected chi connectivity index (χ2v) is 6.82. The van der Waals surface area contributed by atoms with Gasteiger partial charge < -0.3 is 14.6 Å². The average Bonchev–Trinajstić information content (AvgIpc) is 3.04. The number of aromatic amines is 1. The van der Waals surface area contributed by atoms with Gasteiger partial charge in [-0.15, -0.1) is 0 Å². The standard InChI is InChI=1S/C21H26N2O3/c1-3-16-14-23(21(25)12-17(16)9-11-26-15(2)24)10-8-18-13-22-20-7-5-4-6-19(18)20/h3-7,13,17,22H,8-12,14H2,1-2H3/b16-3-. The predicted molar refractivity (Wildman–Crippen MR) is 102 cm³/mol. The molecule has 0 radical (unpaired) electrons. The second kappa shape index (κ2) is 8.21. The van der Waals surface area contributed by atoms with Crippen molar-refractivity contribution in [1.29, 1.82) is 0 Å². The zero-order valence-electron chi connectivity index (χ0n) is 15.5. The van der Waals surface area contributed by atoms with E-state index in [0.717, 1.165) is 11.9 Å². The molecule has 1 aromatic carbocycles. The van der Waals surface area contributed by atoms with Crippen molar-refractivity contribution in [1.82, 2.24) is 9.88 Å². The lowest BCUT2D eigenvalue weighted by Gasteiger charge is -2.34. The fourth-order valence-electron chi connectivity index (χ4n) is 3.67. The summed E-state index contributed by atoms with van der Waals surface area (Å²) >= 11 is 0. The molecule has 1 aliphatic rings. The molecular weight excluding hydrogens is 328 g/mol. The number of nitrogens with one attached hydrogen (secondary N) is 1. The van der Waals surface area contributed by atoms with Gasteiger partial charge in [0.15, 0.2) is 0 Å². The Labute approximate surface area is 154 Å². The van der Waals surface area contributed by atoms with Crippen molar-refractivity contribution in [3.05, 3.63) is 47.7 Å². The number of amides is 1. The molecule has 2 aromatic rings. The molecule has 138 valence electrons. The maximum atomic E-state index is 12.6. The van der Waals surface area contributed by atoms with Gasteiger partial charge in [0.2, 0.25) is 5.91 Å². The van der Waals surface area contributed by atoms with E-state index in [-0.39, 0.29) is 17.8 Å². The average molecular weight is 354 g/mol. The minimum absolute atomic E-state index is 0.177. The number of fused-ring (bicyclic) bond motifs is 1. The fraction of sp³-hybridized carbons (Fsp3) is 0.429. The maximum Gasteiger partial charge on any atom is 0.302 e. The quantitative estimate of drug-likeness (QED) is 0.638. The van der Waals surface area contributed by atoms with Crippen molar-refractivity contribution in [3.63, 3.8) is 0 Å². The summed E-state index contributed by atoms with van der Waals surface area (Å²) in [6.07, 6.45) is 6.18. The van der Waals surface area contributed by atoms with E-state index in [1.165, 1.54) is 23.4 Å². The minimum atomic E-state index is -0.269. The highest BCUT2D eigenvalue weighted by Crippen LogP contribution is 2.27. The number of rotatable bonds is 6. The molecule has 1 unspecified atom stereocenters. The first-order valence-electron chi connectivity index (χ1n) is 9.19. The molecule has 1 aliphatic heterocycles. The molecule has 0 saturated carbocycles. The van der Waals surface area contributed by atoms with Crippen LogP contribution in [0.1, 0.15) is 32.3 Å². The highest BCUT2D eigenvalue weighted by atomic mass is 16.5. The Balaban J connectivity index is 1.59. The summed E-state index contributed by atoms with van der Waals surface area (Å²) in [6.45, 7) is 5.19. The topological polar surface area (TPSA) is 62.4 Å². The van der Waals surface area contributed by atoms with Crippen LogP contribution in [0.25, 0.3) is 10.9 Å². The summed E-state index contributed by atoms with van der Waals surface area (Å²) in [4.78, 5) is 28.7. The van der Waals surface area contributed by atoms with Gasteiger partial charge in [-0.25, -0.2) is 0 Å². The van der Waals surface area contributed by atoms with Crippen molar-refractivity contribution in [2.24, 2.45) is 5.92 Å². The summed E-state index contributed by atoms with van der Waals surface area (Å²) in [6, 6.07) is 8.24. The highest BCUT2D eigenvalue weighted by molar-refractivity contribution is 5.83. The van der Waals surface area contributed by atoms with Crippen LogP contribution in [-0.2, 0) is 20.7 Å². The lowest BCUT2D eigenvalue weighted by molar-refractivity contribution is -0.141. The van der Waals surface area contributed by atoms with E-state index >= 15 is 0 Å². The number of hydrogen-bond acceptors (Lipinski definition) is 3. The van der Waals surface area contributed by atoms with Crippen LogP contribution < -0.4 is 0 Å². The van der Waals surface area contributed by atoms with Crippen molar-refractivity contribution < 1.29 is 14.3 Å². The number of carbonyl (C=O) groups is 2. The Morgan fingerprint density at radius 3 is 2.96 bits per heavy atom. The Morgan fingerprint density at radius 1 is 1.38 bits per heavy atom. The van der Waals surface area contributed by atoms with Crippen molar-refractivity contribution >= 4 is 22.8 Å². The van der Waals surface area contributed by atoms with Gasteiger partial charge in [0, 0.05) is 43.5 Å². The van der Waals surface area contributed by atoms with Crippen LogP contribution in [0.15, 0.2) is 42.1 Å². The molecule has 1 fully saturated rings. The summed E-state index contributed by atoms with van der Waals surface area (Å²) in [7, 11) is 0. The van der Waals surface area contributed by atoms with E-state index in [1.807, 2.05) is 30.2 Å². The van der Waals surface area contributed by atoms with Crippen LogP contribution in [0.4, 0.5) is 0 Å². The van der Waals surface area contributed by atoms with Crippen LogP contribution >= 0.6 is 0 Å². The third kappa shape index (κ3) is 4.15. The molecule has 5 nitrogen and oxygen atoms in total. The normalized spacial score (nSPS) is 19.3. The number of aromatic nitrogens is 1. The van der Waals surface area contributed by atoms with Crippen molar-refractivity contribution in [3.8, 4) is 0 Å². The van der Waals surface area contributed by atoms with E-state index < -0.39 is 0 Å². The van der Waals surface area contributed by atoms with Crippen LogP contribution in [0.2, 0.25) is 0 Å². The lowest BCUT2D eigenvalue weighted by Crippen LogP contribution is -2.41. The fourth-order valence-corrected chi connectivity index (χ4v) is 3.67. The number of esters is 1. The molecule has 0 spiro atoms. The molecule has 1 saturated heterocycles. The molecule has 26 heavy (non-hydrogen) atoms.